The van der Waals surface area contributed by atoms with Gasteiger partial charge >= 0.3 is 19.8 Å². The predicted octanol–water partition coefficient (Wildman–Crippen LogP) is 23.9. The van der Waals surface area contributed by atoms with Crippen LogP contribution < -0.4 is 0 Å². The Morgan fingerprint density at radius 1 is 0.372 bits per heavy atom. The molecule has 0 spiro atoms. The average Bonchev–Trinajstić information content (AvgIpc) is 3.70. The van der Waals surface area contributed by atoms with Crippen LogP contribution in [0.4, 0.5) is 0 Å². The van der Waals surface area contributed by atoms with E-state index >= 15 is 0 Å². The Morgan fingerprint density at radius 2 is 0.663 bits per heavy atom. The lowest BCUT2D eigenvalue weighted by molar-refractivity contribution is -0.870. The lowest BCUT2D eigenvalue weighted by Gasteiger charge is -2.24. The van der Waals surface area contributed by atoms with Gasteiger partial charge in [-0.15, -0.1) is 0 Å². The number of phosphoric acid groups is 1. The van der Waals surface area contributed by atoms with E-state index in [0.717, 1.165) is 77.0 Å². The van der Waals surface area contributed by atoms with Gasteiger partial charge in [-0.2, -0.15) is 0 Å². The molecule has 0 saturated carbocycles. The highest BCUT2D eigenvalue weighted by atomic mass is 31.2. The van der Waals surface area contributed by atoms with Crippen molar-refractivity contribution in [2.45, 2.75) is 354 Å². The largest absolute Gasteiger partial charge is 0.472 e. The fourth-order valence-corrected chi connectivity index (χ4v) is 11.4. The summed E-state index contributed by atoms with van der Waals surface area (Å²) in [5, 5.41) is 0. The Morgan fingerprint density at radius 3 is 0.988 bits per heavy atom. The highest BCUT2D eigenvalue weighted by Gasteiger charge is 2.27. The number of carbonyl (C=O) groups excluding carboxylic acids is 2. The van der Waals surface area contributed by atoms with E-state index in [1.807, 2.05) is 21.1 Å². The molecule has 0 aromatic rings. The van der Waals surface area contributed by atoms with E-state index in [4.69, 9.17) is 18.5 Å². The van der Waals surface area contributed by atoms with Crippen molar-refractivity contribution in [2.24, 2.45) is 0 Å². The highest BCUT2D eigenvalue weighted by molar-refractivity contribution is 7.47. The molecule has 0 aliphatic heterocycles. The van der Waals surface area contributed by atoms with Gasteiger partial charge in [-0.05, 0) is 64.2 Å². The van der Waals surface area contributed by atoms with Gasteiger partial charge in [0.05, 0.1) is 27.7 Å². The summed E-state index contributed by atoms with van der Waals surface area (Å²) >= 11 is 0. The molecule has 0 rings (SSSR count). The molecule has 2 atom stereocenters. The molecular weight excluding hydrogens is 1090 g/mol. The number of phosphoric ester groups is 1. The van der Waals surface area contributed by atoms with Gasteiger partial charge < -0.3 is 18.9 Å². The normalized spacial score (nSPS) is 13.5. The average molecular weight is 1230 g/mol. The van der Waals surface area contributed by atoms with Crippen LogP contribution in [0.1, 0.15) is 348 Å². The minimum absolute atomic E-state index is 0.0319. The second kappa shape index (κ2) is 66.9. The van der Waals surface area contributed by atoms with Gasteiger partial charge in [0.1, 0.15) is 19.8 Å². The van der Waals surface area contributed by atoms with Crippen LogP contribution in [-0.2, 0) is 32.7 Å². The third kappa shape index (κ3) is 70.5. The lowest BCUT2D eigenvalue weighted by atomic mass is 10.0. The fourth-order valence-electron chi connectivity index (χ4n) is 10.7. The van der Waals surface area contributed by atoms with Crippen LogP contribution in [0.3, 0.4) is 0 Å². The molecule has 0 aromatic carbocycles. The third-order valence-electron chi connectivity index (χ3n) is 16.3. The van der Waals surface area contributed by atoms with Crippen molar-refractivity contribution in [3.05, 3.63) is 72.9 Å². The fraction of sp³-hybridized carbons (Fsp3) is 0.816. The SMILES string of the molecule is CC/C=C\C/C=C\C/C=C\C/C=C\C/C=C\C/C=C\CCCCCCCCCCCCCCCCC(=O)OC(COC(=O)CCCCCCCCCCCCCCCCCCCCCCCCCCCCCCC)COP(=O)(O)OCC[N+](C)(C)C. The molecule has 0 aliphatic rings. The van der Waals surface area contributed by atoms with Crippen molar-refractivity contribution in [3.8, 4) is 0 Å². The third-order valence-corrected chi connectivity index (χ3v) is 17.2. The Labute approximate surface area is 533 Å². The number of hydrogen-bond donors (Lipinski definition) is 1. The molecule has 0 fully saturated rings. The first kappa shape index (κ1) is 83.5. The number of hydrogen-bond acceptors (Lipinski definition) is 7. The second-order valence-corrected chi connectivity index (χ2v) is 27.4. The minimum Gasteiger partial charge on any atom is -0.462 e. The number of likely N-dealkylation sites (N-methyl/N-ethyl adjacent to an activating group) is 1. The molecule has 86 heavy (non-hydrogen) atoms. The number of unbranched alkanes of at least 4 members (excludes halogenated alkanes) is 42. The van der Waals surface area contributed by atoms with Crippen LogP contribution in [0.5, 0.6) is 0 Å². The van der Waals surface area contributed by atoms with Crippen molar-refractivity contribution < 1.29 is 42.1 Å². The number of allylic oxidation sites excluding steroid dienone is 12. The number of carbonyl (C=O) groups is 2. The van der Waals surface area contributed by atoms with Crippen molar-refractivity contribution >= 4 is 19.8 Å². The van der Waals surface area contributed by atoms with Crippen LogP contribution >= 0.6 is 7.82 Å². The molecule has 9 nitrogen and oxygen atoms in total. The molecule has 0 amide bonds. The molecule has 0 saturated heterocycles. The maximum absolute atomic E-state index is 12.9. The topological polar surface area (TPSA) is 108 Å². The molecule has 0 bridgehead atoms. The van der Waals surface area contributed by atoms with Crippen molar-refractivity contribution in [2.75, 3.05) is 47.5 Å². The lowest BCUT2D eigenvalue weighted by Crippen LogP contribution is -2.37. The first-order valence-electron chi connectivity index (χ1n) is 36.7. The van der Waals surface area contributed by atoms with E-state index in [2.05, 4.69) is 86.8 Å². The Bertz CT molecular complexity index is 1680. The Hall–Kier alpha value is -2.55. The van der Waals surface area contributed by atoms with Gasteiger partial charge in [0.15, 0.2) is 6.10 Å². The van der Waals surface area contributed by atoms with E-state index in [9.17, 15) is 19.0 Å². The van der Waals surface area contributed by atoms with E-state index in [0.29, 0.717) is 23.9 Å². The summed E-state index contributed by atoms with van der Waals surface area (Å²) in [6.07, 6.45) is 90.2. The van der Waals surface area contributed by atoms with E-state index in [-0.39, 0.29) is 25.6 Å². The zero-order valence-electron chi connectivity index (χ0n) is 57.3. The first-order chi connectivity index (χ1) is 42.0. The number of ether oxygens (including phenoxy) is 2. The molecule has 0 heterocycles. The summed E-state index contributed by atoms with van der Waals surface area (Å²) in [7, 11) is 1.49. The minimum atomic E-state index is -4.39. The molecule has 2 unspecified atom stereocenters. The summed E-state index contributed by atoms with van der Waals surface area (Å²) in [6, 6.07) is 0. The smallest absolute Gasteiger partial charge is 0.462 e. The molecule has 1 N–H and O–H groups in total. The maximum atomic E-state index is 12.9. The van der Waals surface area contributed by atoms with Gasteiger partial charge in [-0.1, -0.05) is 344 Å². The summed E-state index contributed by atoms with van der Waals surface area (Å²) in [4.78, 5) is 35.9. The Kier molecular flexibility index (Phi) is 64.9. The summed E-state index contributed by atoms with van der Waals surface area (Å²) in [5.41, 5.74) is 0. The highest BCUT2D eigenvalue weighted by Crippen LogP contribution is 2.43. The standard InChI is InChI=1S/C76H140NO8P/c1-6-8-10-12-14-16-18-20-22-24-26-28-30-32-34-36-37-38-39-41-43-45-47-49-51-53-55-57-59-61-63-65-67-69-76(79)85-74(73-84-86(80,81)83-71-70-77(3,4)5)72-82-75(78)68-66-64-62-60-58-56-54-52-50-48-46-44-42-40-35-33-31-29-27-25-23-21-19-17-15-13-11-9-7-2/h8,10,14,16,20,22,26,28,32,34,37-38,74H,6-7,9,11-13,15,17-19,21,23-25,27,29-31,33,35-36,39-73H2,1-5H3/p+1/b10-8-,16-14-,22-20-,28-26-,34-32-,38-37-. The molecule has 0 aromatic heterocycles. The number of rotatable bonds is 68. The van der Waals surface area contributed by atoms with Crippen molar-refractivity contribution in [1.29, 1.82) is 0 Å². The molecule has 0 aliphatic carbocycles. The van der Waals surface area contributed by atoms with Gasteiger partial charge in [0, 0.05) is 12.8 Å². The maximum Gasteiger partial charge on any atom is 0.472 e. The Balaban J connectivity index is 4.00. The van der Waals surface area contributed by atoms with Crippen LogP contribution in [-0.4, -0.2) is 74.9 Å². The second-order valence-electron chi connectivity index (χ2n) is 26.0. The molecular formula is C76H141NO8P+. The van der Waals surface area contributed by atoms with Crippen LogP contribution in [0.2, 0.25) is 0 Å². The summed E-state index contributed by atoms with van der Waals surface area (Å²) in [6.45, 7) is 4.38. The van der Waals surface area contributed by atoms with Crippen molar-refractivity contribution in [1.82, 2.24) is 0 Å². The van der Waals surface area contributed by atoms with Gasteiger partial charge in [-0.25, -0.2) is 4.57 Å². The van der Waals surface area contributed by atoms with E-state index in [1.165, 1.54) is 238 Å². The molecule has 502 valence electrons. The summed E-state index contributed by atoms with van der Waals surface area (Å²) in [5.74, 6) is -0.782. The first-order valence-corrected chi connectivity index (χ1v) is 38.2. The van der Waals surface area contributed by atoms with Crippen molar-refractivity contribution in [3.63, 3.8) is 0 Å². The zero-order chi connectivity index (χ0) is 62.6. The molecule has 0 radical (unpaired) electrons. The van der Waals surface area contributed by atoms with Gasteiger partial charge in [-0.3, -0.25) is 18.6 Å². The van der Waals surface area contributed by atoms with Crippen LogP contribution in [0.25, 0.3) is 0 Å². The molecule has 10 heteroatoms. The van der Waals surface area contributed by atoms with Crippen LogP contribution in [0.15, 0.2) is 72.9 Å². The monoisotopic (exact) mass is 1230 g/mol. The van der Waals surface area contributed by atoms with Crippen LogP contribution in [0, 0.1) is 0 Å². The predicted molar refractivity (Wildman–Crippen MR) is 372 cm³/mol. The van der Waals surface area contributed by atoms with E-state index < -0.39 is 26.5 Å². The van der Waals surface area contributed by atoms with Gasteiger partial charge in [0.25, 0.3) is 0 Å². The van der Waals surface area contributed by atoms with E-state index in [1.54, 1.807) is 0 Å². The number of nitrogens with zero attached hydrogens (tertiary/aromatic N) is 1. The number of quaternary nitrogens is 1. The number of esters is 2. The zero-order valence-corrected chi connectivity index (χ0v) is 58.2. The summed E-state index contributed by atoms with van der Waals surface area (Å²) < 4.78 is 34.8. The van der Waals surface area contributed by atoms with Gasteiger partial charge in [0.2, 0.25) is 0 Å². The quantitative estimate of drug-likeness (QED) is 0.0211.